The number of amides is 3. The van der Waals surface area contributed by atoms with Crippen LogP contribution in [0.4, 0.5) is 23.5 Å². The van der Waals surface area contributed by atoms with Crippen LogP contribution in [-0.2, 0) is 0 Å². The number of amidine groups is 1. The third-order valence-corrected chi connectivity index (χ3v) is 12.1. The summed E-state index contributed by atoms with van der Waals surface area (Å²) >= 11 is 0. The molecule has 0 radical (unpaired) electrons. The summed E-state index contributed by atoms with van der Waals surface area (Å²) in [6.07, 6.45) is 10.0. The normalized spacial score (nSPS) is 11.7. The number of hydrogen-bond donors (Lipinski definition) is 7. The van der Waals surface area contributed by atoms with Crippen LogP contribution in [0.25, 0.3) is 22.3 Å². The summed E-state index contributed by atoms with van der Waals surface area (Å²) in [6, 6.07) is 30.1. The first-order chi connectivity index (χ1) is 40.4. The lowest BCUT2D eigenvalue weighted by Crippen LogP contribution is -2.29. The van der Waals surface area contributed by atoms with Crippen molar-refractivity contribution in [1.82, 2.24) is 63.0 Å². The molecule has 85 heavy (non-hydrogen) atoms. The summed E-state index contributed by atoms with van der Waals surface area (Å²) in [4.78, 5) is 117. The van der Waals surface area contributed by atoms with Crippen molar-refractivity contribution in [2.75, 3.05) is 21.7 Å². The highest BCUT2D eigenvalue weighted by atomic mass is 16.2. The number of benzene rings is 3. The summed E-state index contributed by atoms with van der Waals surface area (Å²) in [7, 11) is 0. The number of fused-ring (bicyclic) bond motifs is 2. The fourth-order valence-electron chi connectivity index (χ4n) is 7.74. The molecule has 0 atom stereocenters. The Balaban J connectivity index is 0.000000181. The largest absolute Gasteiger partial charge is 0.384 e. The zero-order chi connectivity index (χ0) is 62.1. The van der Waals surface area contributed by atoms with E-state index in [4.69, 9.17) is 11.5 Å². The minimum absolute atomic E-state index is 0.0406. The van der Waals surface area contributed by atoms with E-state index in [1.807, 2.05) is 89.3 Å². The van der Waals surface area contributed by atoms with Gasteiger partial charge in [0.25, 0.3) is 28.8 Å². The number of aromatic amines is 2. The van der Waals surface area contributed by atoms with E-state index in [0.717, 1.165) is 0 Å². The van der Waals surface area contributed by atoms with Crippen LogP contribution < -0.4 is 49.9 Å². The molecule has 3 aromatic carbocycles. The van der Waals surface area contributed by atoms with Crippen molar-refractivity contribution in [3.8, 4) is 0 Å². The molecule has 1 aliphatic heterocycles. The molecule has 6 aromatic heterocycles. The molecule has 3 amide bonds. The number of nitrogens with two attached hydrogens (primary N) is 2. The first kappa shape index (κ1) is 63.3. The zero-order valence-electron chi connectivity index (χ0n) is 48.8. The molecule has 0 saturated heterocycles. The Bertz CT molecular complexity index is 4080. The van der Waals surface area contributed by atoms with Crippen LogP contribution in [0, 0.1) is 0 Å². The van der Waals surface area contributed by atoms with Gasteiger partial charge in [0.15, 0.2) is 28.1 Å². The highest BCUT2D eigenvalue weighted by Crippen LogP contribution is 2.24. The number of aliphatic imine (C=N–C) groups is 1. The first-order valence-corrected chi connectivity index (χ1v) is 26.9. The molecule has 9 N–H and O–H groups in total. The molecular formula is C59H69N19O7. The van der Waals surface area contributed by atoms with E-state index in [2.05, 4.69) is 81.2 Å². The van der Waals surface area contributed by atoms with Gasteiger partial charge in [0.2, 0.25) is 11.9 Å². The molecular weight excluding hydrogens is 1090 g/mol. The molecule has 9 aromatic rings. The Kier molecular flexibility index (Phi) is 21.7. The SMILES string of the molecule is C=C1N=C(N)C=CN1C(C)C.CC(C)n1ccc(=O)[nH]c1=O.CC(C)n1ccc(NC(=O)c2ccccc2)nc1=O.CC(C)n1cnc2c(=O)[nH]c(N)nc21.CC(C)n1cnc2c(NC(=O)c3ccccc3)nc(NC(=O)c3ccccc3)nc21. The Labute approximate surface area is 488 Å². The molecule has 0 bridgehead atoms. The molecule has 26 nitrogen and oxygen atoms in total. The van der Waals surface area contributed by atoms with Gasteiger partial charge in [0.1, 0.15) is 17.5 Å². The minimum Gasteiger partial charge on any atom is -0.384 e. The van der Waals surface area contributed by atoms with E-state index < -0.39 is 0 Å². The number of carbonyl (C=O) groups excluding carboxylic acids is 3. The van der Waals surface area contributed by atoms with Crippen molar-refractivity contribution in [2.24, 2.45) is 10.7 Å². The number of nitrogens with one attached hydrogen (secondary N) is 5. The van der Waals surface area contributed by atoms with Crippen molar-refractivity contribution >= 4 is 69.4 Å². The average Bonchev–Trinajstić information content (AvgIpc) is 4.22. The predicted molar refractivity (Wildman–Crippen MR) is 329 cm³/mol. The molecule has 1 aliphatic rings. The molecule has 7 heterocycles. The number of nitrogens with zero attached hydrogens (tertiary/aromatic N) is 12. The Morgan fingerprint density at radius 1 is 0.529 bits per heavy atom. The summed E-state index contributed by atoms with van der Waals surface area (Å²) in [6.45, 7) is 23.4. The lowest BCUT2D eigenvalue weighted by atomic mass is 10.2. The molecule has 442 valence electrons. The number of H-pyrrole nitrogens is 2. The summed E-state index contributed by atoms with van der Waals surface area (Å²) in [5.41, 5.74) is 12.8. The van der Waals surface area contributed by atoms with E-state index in [1.165, 1.54) is 21.4 Å². The highest BCUT2D eigenvalue weighted by molar-refractivity contribution is 6.08. The van der Waals surface area contributed by atoms with Gasteiger partial charge in [-0.1, -0.05) is 61.2 Å². The van der Waals surface area contributed by atoms with Crippen LogP contribution >= 0.6 is 0 Å². The monoisotopic (exact) mass is 1160 g/mol. The van der Waals surface area contributed by atoms with E-state index >= 15 is 0 Å². The smallest absolute Gasteiger partial charge is 0.349 e. The Hall–Kier alpha value is -10.9. The second-order valence-corrected chi connectivity index (χ2v) is 20.1. The quantitative estimate of drug-likeness (QED) is 0.0661. The number of carbonyl (C=O) groups is 3. The van der Waals surface area contributed by atoms with Gasteiger partial charge in [-0.2, -0.15) is 19.9 Å². The van der Waals surface area contributed by atoms with Crippen molar-refractivity contribution in [3.63, 3.8) is 0 Å². The maximum absolute atomic E-state index is 12.7. The number of anilines is 4. The minimum atomic E-state index is -0.374. The van der Waals surface area contributed by atoms with Gasteiger partial charge in [-0.05, 0) is 118 Å². The van der Waals surface area contributed by atoms with Crippen LogP contribution in [0.2, 0.25) is 0 Å². The highest BCUT2D eigenvalue weighted by Gasteiger charge is 2.20. The van der Waals surface area contributed by atoms with Gasteiger partial charge in [-0.15, -0.1) is 0 Å². The molecule has 10 rings (SSSR count). The number of rotatable bonds is 11. The summed E-state index contributed by atoms with van der Waals surface area (Å²) in [5.74, 6) is 0.974. The molecule has 0 unspecified atom stereocenters. The van der Waals surface area contributed by atoms with Crippen molar-refractivity contribution < 1.29 is 14.4 Å². The predicted octanol–water partition coefficient (Wildman–Crippen LogP) is 7.44. The van der Waals surface area contributed by atoms with Gasteiger partial charge in [0, 0.05) is 71.6 Å². The third kappa shape index (κ3) is 17.3. The van der Waals surface area contributed by atoms with Gasteiger partial charge in [0.05, 0.1) is 12.7 Å². The second kappa shape index (κ2) is 29.2. The topological polar surface area (TPSA) is 352 Å². The molecule has 0 fully saturated rings. The number of aromatic nitrogens is 12. The van der Waals surface area contributed by atoms with Gasteiger partial charge < -0.3 is 36.1 Å². The van der Waals surface area contributed by atoms with E-state index in [0.29, 0.717) is 56.7 Å². The standard InChI is InChI=1S/C22H20N6O2.C14H15N3O2.C8H11N5O.C8H13N3.C7H10N2O2/c1-14(2)28-13-23-17-18(24-20(29)15-9-5-3-6-10-15)25-22(26-19(17)28)27-21(30)16-11-7-4-8-12-16;1-10(2)17-9-8-12(16-14(17)19)15-13(18)11-6-4-3-5-7-11;1-4(2)13-3-10-5-6(13)11-8(9)12-7(5)14;1-6(2)11-5-4-8(9)10-7(11)3;1-5(2)9-4-3-6(10)8-7(9)11/h3-14H,1-2H3,(H2,24,25,26,27,29,30);3-10H,1-2H3,(H,15,16,18,19);3-4H,1-2H3,(H3,9,11,12,14);4-6H,3H2,1-2H3,(H2,9,10);3-5H,1-2H3,(H,8,10,11). The Morgan fingerprint density at radius 2 is 1.01 bits per heavy atom. The fraction of sp³-hybridized carbons (Fsp3) is 0.254. The van der Waals surface area contributed by atoms with Crippen LogP contribution in [0.1, 0.15) is 124 Å². The van der Waals surface area contributed by atoms with Crippen LogP contribution in [0.15, 0.2) is 177 Å². The fourth-order valence-corrected chi connectivity index (χ4v) is 7.74. The van der Waals surface area contributed by atoms with E-state index in [-0.39, 0.29) is 87.9 Å². The Morgan fingerprint density at radius 3 is 1.49 bits per heavy atom. The summed E-state index contributed by atoms with van der Waals surface area (Å²) < 4.78 is 6.62. The zero-order valence-corrected chi connectivity index (χ0v) is 48.8. The van der Waals surface area contributed by atoms with Gasteiger partial charge in [-0.25, -0.2) is 24.5 Å². The lowest BCUT2D eigenvalue weighted by molar-refractivity contribution is 0.101. The average molecular weight is 1160 g/mol. The van der Waals surface area contributed by atoms with Crippen LogP contribution in [0.3, 0.4) is 0 Å². The second-order valence-electron chi connectivity index (χ2n) is 20.1. The number of nitrogen functional groups attached to an aromatic ring is 1. The molecule has 0 aliphatic carbocycles. The summed E-state index contributed by atoms with van der Waals surface area (Å²) in [5, 5.41) is 8.10. The maximum atomic E-state index is 12.7. The van der Waals surface area contributed by atoms with Crippen molar-refractivity contribution in [2.45, 2.75) is 99.4 Å². The molecule has 0 saturated carbocycles. The maximum Gasteiger partial charge on any atom is 0.349 e. The molecule has 0 spiro atoms. The van der Waals surface area contributed by atoms with Gasteiger partial charge >= 0.3 is 11.4 Å². The van der Waals surface area contributed by atoms with Gasteiger partial charge in [-0.3, -0.25) is 48.4 Å². The van der Waals surface area contributed by atoms with Crippen molar-refractivity contribution in [1.29, 1.82) is 0 Å². The first-order valence-electron chi connectivity index (χ1n) is 26.9. The molecule has 26 heteroatoms. The number of imidazole rings is 2. The van der Waals surface area contributed by atoms with Crippen LogP contribution in [0.5, 0.6) is 0 Å². The van der Waals surface area contributed by atoms with Crippen molar-refractivity contribution in [3.05, 3.63) is 211 Å². The van der Waals surface area contributed by atoms with E-state index in [1.54, 1.807) is 108 Å². The number of hydrogen-bond acceptors (Lipinski definition) is 17. The lowest BCUT2D eigenvalue weighted by Gasteiger charge is -2.26. The van der Waals surface area contributed by atoms with Crippen LogP contribution in [-0.4, -0.2) is 92.6 Å². The third-order valence-electron chi connectivity index (χ3n) is 12.1. The van der Waals surface area contributed by atoms with E-state index in [9.17, 15) is 33.6 Å².